The van der Waals surface area contributed by atoms with E-state index < -0.39 is 23.1 Å². The third-order valence-corrected chi connectivity index (χ3v) is 5.03. The van der Waals surface area contributed by atoms with Crippen molar-refractivity contribution in [2.45, 2.75) is 32.0 Å². The Morgan fingerprint density at radius 1 is 1.41 bits per heavy atom. The van der Waals surface area contributed by atoms with E-state index in [9.17, 15) is 23.1 Å². The van der Waals surface area contributed by atoms with E-state index in [4.69, 9.17) is 0 Å². The Hall–Kier alpha value is -1.56. The molecule has 1 saturated carbocycles. The number of hydrogen-bond donors (Lipinski definition) is 1. The largest absolute Gasteiger partial charge is 0.481 e. The summed E-state index contributed by atoms with van der Waals surface area (Å²) in [4.78, 5) is 13.6. The number of hydrogen-bond acceptors (Lipinski definition) is 2. The highest BCUT2D eigenvalue weighted by molar-refractivity contribution is 5.76. The molecule has 3 nitrogen and oxygen atoms in total. The summed E-state index contributed by atoms with van der Waals surface area (Å²) in [6.45, 7) is 1.46. The first-order chi connectivity index (χ1) is 10.3. The lowest BCUT2D eigenvalue weighted by molar-refractivity contribution is -0.149. The van der Waals surface area contributed by atoms with E-state index in [-0.39, 0.29) is 5.92 Å². The number of alkyl halides is 3. The van der Waals surface area contributed by atoms with Gasteiger partial charge in [-0.15, -0.1) is 0 Å². The van der Waals surface area contributed by atoms with Gasteiger partial charge in [-0.05, 0) is 30.4 Å². The van der Waals surface area contributed by atoms with Crippen LogP contribution in [0.3, 0.4) is 0 Å². The molecule has 2 atom stereocenters. The normalized spacial score (nSPS) is 28.8. The minimum absolute atomic E-state index is 0.121. The summed E-state index contributed by atoms with van der Waals surface area (Å²) in [5.74, 6) is -0.641. The van der Waals surface area contributed by atoms with Crippen molar-refractivity contribution < 1.29 is 23.1 Å². The number of carboxylic acids is 1. The number of halogens is 3. The summed E-state index contributed by atoms with van der Waals surface area (Å²) in [6, 6.07) is 5.28. The fourth-order valence-corrected chi connectivity index (χ4v) is 3.97. The van der Waals surface area contributed by atoms with Gasteiger partial charge in [0.15, 0.2) is 0 Å². The van der Waals surface area contributed by atoms with Crippen molar-refractivity contribution in [2.75, 3.05) is 13.1 Å². The number of nitrogens with zero attached hydrogens (tertiary/aromatic N) is 1. The van der Waals surface area contributed by atoms with Crippen LogP contribution in [-0.2, 0) is 17.5 Å². The Morgan fingerprint density at radius 3 is 2.82 bits per heavy atom. The monoisotopic (exact) mass is 313 g/mol. The Bertz CT molecular complexity index is 587. The molecule has 1 aliphatic carbocycles. The van der Waals surface area contributed by atoms with Gasteiger partial charge < -0.3 is 5.11 Å². The van der Waals surface area contributed by atoms with Crippen LogP contribution in [0.2, 0.25) is 0 Å². The molecular formula is C16H18F3NO2. The van der Waals surface area contributed by atoms with Crippen LogP contribution in [0.15, 0.2) is 24.3 Å². The minimum Gasteiger partial charge on any atom is -0.481 e. The second kappa shape index (κ2) is 5.26. The van der Waals surface area contributed by atoms with Gasteiger partial charge in [0.2, 0.25) is 0 Å². The van der Waals surface area contributed by atoms with Crippen LogP contribution in [0.1, 0.15) is 30.4 Å². The van der Waals surface area contributed by atoms with Crippen LogP contribution in [0, 0.1) is 11.3 Å². The molecule has 1 aliphatic heterocycles. The summed E-state index contributed by atoms with van der Waals surface area (Å²) < 4.78 is 38.2. The molecule has 120 valence electrons. The fourth-order valence-electron chi connectivity index (χ4n) is 3.97. The summed E-state index contributed by atoms with van der Waals surface area (Å²) >= 11 is 0. The number of aliphatic carboxylic acids is 1. The molecule has 1 aromatic rings. The summed E-state index contributed by atoms with van der Waals surface area (Å²) in [7, 11) is 0. The van der Waals surface area contributed by atoms with Gasteiger partial charge in [-0.3, -0.25) is 9.69 Å². The van der Waals surface area contributed by atoms with E-state index in [1.807, 2.05) is 4.90 Å². The number of carboxylic acid groups (broad SMARTS) is 1. The van der Waals surface area contributed by atoms with Gasteiger partial charge in [-0.2, -0.15) is 13.2 Å². The number of benzene rings is 1. The van der Waals surface area contributed by atoms with Crippen LogP contribution >= 0.6 is 0 Å². The standard InChI is InChI=1S/C16H18F3NO2/c17-16(18,19)12-4-1-3-11(7-12)8-20-9-13-5-2-6-15(13,10-20)14(21)22/h1,3-4,7,13H,2,5-6,8-10H2,(H,21,22)/t13-,15+/m0/s1. The molecule has 6 heteroatoms. The SMILES string of the molecule is O=C(O)[C@@]12CCC[C@H]1CN(Cc1cccc(C(F)(F)F)c1)C2. The zero-order chi connectivity index (χ0) is 16.0. The molecule has 1 heterocycles. The van der Waals surface area contributed by atoms with Crippen LogP contribution in [0.25, 0.3) is 0 Å². The summed E-state index contributed by atoms with van der Waals surface area (Å²) in [5.41, 5.74) is -0.769. The van der Waals surface area contributed by atoms with E-state index in [1.54, 1.807) is 6.07 Å². The van der Waals surface area contributed by atoms with Crippen LogP contribution in [0.5, 0.6) is 0 Å². The molecule has 0 unspecified atom stereocenters. The highest BCUT2D eigenvalue weighted by Gasteiger charge is 2.54. The van der Waals surface area contributed by atoms with Gasteiger partial charge in [0.25, 0.3) is 0 Å². The van der Waals surface area contributed by atoms with Crippen molar-refractivity contribution in [1.82, 2.24) is 4.90 Å². The zero-order valence-corrected chi connectivity index (χ0v) is 12.1. The Morgan fingerprint density at radius 2 is 2.18 bits per heavy atom. The average Bonchev–Trinajstić information content (AvgIpc) is 2.95. The second-order valence-electron chi connectivity index (χ2n) is 6.42. The maximum Gasteiger partial charge on any atom is 0.416 e. The molecule has 0 radical (unpaired) electrons. The van der Waals surface area contributed by atoms with Gasteiger partial charge >= 0.3 is 12.1 Å². The quantitative estimate of drug-likeness (QED) is 0.930. The molecule has 1 N–H and O–H groups in total. The maximum absolute atomic E-state index is 12.7. The van der Waals surface area contributed by atoms with Crippen molar-refractivity contribution in [1.29, 1.82) is 0 Å². The van der Waals surface area contributed by atoms with Crippen molar-refractivity contribution in [3.63, 3.8) is 0 Å². The summed E-state index contributed by atoms with van der Waals surface area (Å²) in [5, 5.41) is 9.53. The van der Waals surface area contributed by atoms with Crippen molar-refractivity contribution >= 4 is 5.97 Å². The number of fused-ring (bicyclic) bond motifs is 1. The zero-order valence-electron chi connectivity index (χ0n) is 12.1. The smallest absolute Gasteiger partial charge is 0.416 e. The third-order valence-electron chi connectivity index (χ3n) is 5.03. The van der Waals surface area contributed by atoms with Crippen molar-refractivity contribution in [2.24, 2.45) is 11.3 Å². The lowest BCUT2D eigenvalue weighted by Gasteiger charge is -2.23. The highest BCUT2D eigenvalue weighted by atomic mass is 19.4. The van der Waals surface area contributed by atoms with E-state index in [1.165, 1.54) is 6.07 Å². The molecule has 22 heavy (non-hydrogen) atoms. The van der Waals surface area contributed by atoms with E-state index in [0.717, 1.165) is 25.0 Å². The molecule has 0 spiro atoms. The molecule has 0 bridgehead atoms. The predicted molar refractivity (Wildman–Crippen MR) is 74.1 cm³/mol. The van der Waals surface area contributed by atoms with Crippen LogP contribution < -0.4 is 0 Å². The van der Waals surface area contributed by atoms with Gasteiger partial charge in [0.1, 0.15) is 0 Å². The molecule has 2 aliphatic rings. The Kier molecular flexibility index (Phi) is 3.67. The average molecular weight is 313 g/mol. The molecule has 0 aromatic heterocycles. The van der Waals surface area contributed by atoms with E-state index in [0.29, 0.717) is 31.6 Å². The topological polar surface area (TPSA) is 40.5 Å². The molecule has 3 rings (SSSR count). The molecular weight excluding hydrogens is 295 g/mol. The van der Waals surface area contributed by atoms with Gasteiger partial charge in [-0.1, -0.05) is 24.6 Å². The number of carbonyl (C=O) groups is 1. The van der Waals surface area contributed by atoms with Crippen molar-refractivity contribution in [3.8, 4) is 0 Å². The molecule has 0 amide bonds. The van der Waals surface area contributed by atoms with Gasteiger partial charge in [0.05, 0.1) is 11.0 Å². The Labute approximate surface area is 126 Å². The minimum atomic E-state index is -4.35. The highest BCUT2D eigenvalue weighted by Crippen LogP contribution is 2.49. The second-order valence-corrected chi connectivity index (χ2v) is 6.42. The Balaban J connectivity index is 1.74. The molecule has 2 fully saturated rings. The summed E-state index contributed by atoms with van der Waals surface area (Å²) in [6.07, 6.45) is -1.86. The predicted octanol–water partition coefficient (Wildman–Crippen LogP) is 3.39. The lowest BCUT2D eigenvalue weighted by atomic mass is 9.81. The van der Waals surface area contributed by atoms with E-state index in [2.05, 4.69) is 0 Å². The maximum atomic E-state index is 12.7. The number of likely N-dealkylation sites (tertiary alicyclic amines) is 1. The van der Waals surface area contributed by atoms with Crippen LogP contribution in [0.4, 0.5) is 13.2 Å². The van der Waals surface area contributed by atoms with Crippen LogP contribution in [-0.4, -0.2) is 29.1 Å². The fraction of sp³-hybridized carbons (Fsp3) is 0.562. The first-order valence-corrected chi connectivity index (χ1v) is 7.43. The number of rotatable bonds is 3. The molecule has 1 aromatic carbocycles. The van der Waals surface area contributed by atoms with Crippen molar-refractivity contribution in [3.05, 3.63) is 35.4 Å². The van der Waals surface area contributed by atoms with Gasteiger partial charge in [0, 0.05) is 19.6 Å². The first kappa shape index (κ1) is 15.3. The molecule has 1 saturated heterocycles. The van der Waals surface area contributed by atoms with E-state index >= 15 is 0 Å². The third kappa shape index (κ3) is 2.60. The van der Waals surface area contributed by atoms with Gasteiger partial charge in [-0.25, -0.2) is 0 Å². The first-order valence-electron chi connectivity index (χ1n) is 7.43. The lowest BCUT2D eigenvalue weighted by Crippen LogP contribution is -2.35.